The second-order valence-corrected chi connectivity index (χ2v) is 6.05. The number of halogens is 3. The topological polar surface area (TPSA) is 32.3 Å². The van der Waals surface area contributed by atoms with E-state index in [9.17, 15) is 13.6 Å². The molecule has 0 aromatic heterocycles. The Labute approximate surface area is 135 Å². The van der Waals surface area contributed by atoms with Gasteiger partial charge in [-0.05, 0) is 56.0 Å². The van der Waals surface area contributed by atoms with Crippen LogP contribution in [0.3, 0.4) is 0 Å². The standard InChI is InChI=1S/C16H20F2N2O.ClH/c17-14-1-2-15(18)13(7-14)8-16(21)20-5-3-11-9-19-10-12(11)4-6-20;/h1-2,7,11-12,19H,3-6,8-10H2;1H/t11-,12+;. The number of hydrogen-bond acceptors (Lipinski definition) is 2. The minimum Gasteiger partial charge on any atom is -0.342 e. The molecule has 1 aromatic rings. The predicted molar refractivity (Wildman–Crippen MR) is 83.0 cm³/mol. The number of likely N-dealkylation sites (tertiary alicyclic amines) is 1. The van der Waals surface area contributed by atoms with E-state index in [4.69, 9.17) is 0 Å². The number of rotatable bonds is 2. The van der Waals surface area contributed by atoms with E-state index in [-0.39, 0.29) is 30.3 Å². The SMILES string of the molecule is Cl.O=C(Cc1cc(F)ccc1F)N1CC[C@@H]2CNC[C@@H]2CC1. The van der Waals surface area contributed by atoms with Gasteiger partial charge in [-0.1, -0.05) is 0 Å². The molecule has 6 heteroatoms. The Hall–Kier alpha value is -1.20. The van der Waals surface area contributed by atoms with Crippen molar-refractivity contribution in [1.82, 2.24) is 10.2 Å². The van der Waals surface area contributed by atoms with Crippen LogP contribution in [0.4, 0.5) is 8.78 Å². The van der Waals surface area contributed by atoms with E-state index in [1.165, 1.54) is 0 Å². The second kappa shape index (κ2) is 7.38. The van der Waals surface area contributed by atoms with Gasteiger partial charge in [0.2, 0.25) is 5.91 Å². The summed E-state index contributed by atoms with van der Waals surface area (Å²) in [5, 5.41) is 3.39. The maximum atomic E-state index is 13.6. The van der Waals surface area contributed by atoms with Crippen LogP contribution in [0.5, 0.6) is 0 Å². The van der Waals surface area contributed by atoms with Gasteiger partial charge in [-0.15, -0.1) is 12.4 Å². The zero-order chi connectivity index (χ0) is 14.8. The van der Waals surface area contributed by atoms with Crippen molar-refractivity contribution in [2.24, 2.45) is 11.8 Å². The molecule has 22 heavy (non-hydrogen) atoms. The Morgan fingerprint density at radius 3 is 2.45 bits per heavy atom. The molecule has 2 fully saturated rings. The minimum absolute atomic E-state index is 0. The van der Waals surface area contributed by atoms with Gasteiger partial charge >= 0.3 is 0 Å². The van der Waals surface area contributed by atoms with E-state index in [1.807, 2.05) is 4.90 Å². The molecule has 2 saturated heterocycles. The quantitative estimate of drug-likeness (QED) is 0.903. The van der Waals surface area contributed by atoms with Crippen molar-refractivity contribution in [3.05, 3.63) is 35.4 Å². The third-order valence-corrected chi connectivity index (χ3v) is 4.72. The van der Waals surface area contributed by atoms with E-state index < -0.39 is 11.6 Å². The Bertz CT molecular complexity index is 527. The largest absolute Gasteiger partial charge is 0.342 e. The summed E-state index contributed by atoms with van der Waals surface area (Å²) < 4.78 is 26.8. The molecular formula is C16H21ClF2N2O. The first kappa shape index (κ1) is 17.2. The van der Waals surface area contributed by atoms with Gasteiger partial charge in [0, 0.05) is 18.7 Å². The zero-order valence-corrected chi connectivity index (χ0v) is 13.2. The Morgan fingerprint density at radius 1 is 1.18 bits per heavy atom. The fraction of sp³-hybridized carbons (Fsp3) is 0.562. The predicted octanol–water partition coefficient (Wildman–Crippen LogP) is 2.39. The van der Waals surface area contributed by atoms with Gasteiger partial charge in [0.25, 0.3) is 0 Å². The van der Waals surface area contributed by atoms with Crippen molar-refractivity contribution in [2.75, 3.05) is 26.2 Å². The molecule has 3 rings (SSSR count). The summed E-state index contributed by atoms with van der Waals surface area (Å²) in [5.41, 5.74) is 0.145. The minimum atomic E-state index is -0.513. The highest BCUT2D eigenvalue weighted by atomic mass is 35.5. The molecule has 2 aliphatic heterocycles. The monoisotopic (exact) mass is 330 g/mol. The van der Waals surface area contributed by atoms with Crippen molar-refractivity contribution in [3.63, 3.8) is 0 Å². The number of nitrogens with one attached hydrogen (secondary N) is 1. The normalized spacial score (nSPS) is 24.4. The van der Waals surface area contributed by atoms with Crippen molar-refractivity contribution in [2.45, 2.75) is 19.3 Å². The van der Waals surface area contributed by atoms with E-state index in [0.717, 1.165) is 57.2 Å². The van der Waals surface area contributed by atoms with Gasteiger partial charge in [-0.2, -0.15) is 0 Å². The number of fused-ring (bicyclic) bond motifs is 1. The first-order valence-electron chi connectivity index (χ1n) is 7.56. The third-order valence-electron chi connectivity index (χ3n) is 4.72. The molecule has 2 aliphatic rings. The van der Waals surface area contributed by atoms with Gasteiger partial charge in [0.05, 0.1) is 6.42 Å². The van der Waals surface area contributed by atoms with Crippen molar-refractivity contribution < 1.29 is 13.6 Å². The van der Waals surface area contributed by atoms with Crippen LogP contribution in [0.15, 0.2) is 18.2 Å². The van der Waals surface area contributed by atoms with Crippen molar-refractivity contribution >= 4 is 18.3 Å². The maximum Gasteiger partial charge on any atom is 0.227 e. The number of hydrogen-bond donors (Lipinski definition) is 1. The van der Waals surface area contributed by atoms with Crippen LogP contribution in [-0.4, -0.2) is 37.0 Å². The molecule has 1 amide bonds. The molecule has 3 nitrogen and oxygen atoms in total. The summed E-state index contributed by atoms with van der Waals surface area (Å²) in [6.07, 6.45) is 1.93. The molecule has 2 atom stereocenters. The van der Waals surface area contributed by atoms with Crippen LogP contribution >= 0.6 is 12.4 Å². The van der Waals surface area contributed by atoms with Crippen molar-refractivity contribution in [1.29, 1.82) is 0 Å². The maximum absolute atomic E-state index is 13.6. The molecule has 2 heterocycles. The highest BCUT2D eigenvalue weighted by Crippen LogP contribution is 2.27. The van der Waals surface area contributed by atoms with Gasteiger partial charge in [-0.25, -0.2) is 8.78 Å². The molecule has 1 aromatic carbocycles. The Balaban J connectivity index is 0.00000176. The summed E-state index contributed by atoms with van der Waals surface area (Å²) in [6, 6.07) is 3.27. The average molecular weight is 331 g/mol. The van der Waals surface area contributed by atoms with E-state index in [1.54, 1.807) is 0 Å². The lowest BCUT2D eigenvalue weighted by atomic mass is 9.92. The van der Waals surface area contributed by atoms with Crippen LogP contribution in [0, 0.1) is 23.5 Å². The summed E-state index contributed by atoms with van der Waals surface area (Å²) >= 11 is 0. The molecule has 1 N–H and O–H groups in total. The highest BCUT2D eigenvalue weighted by Gasteiger charge is 2.31. The van der Waals surface area contributed by atoms with E-state index in [2.05, 4.69) is 5.32 Å². The Kier molecular flexibility index (Phi) is 5.75. The lowest BCUT2D eigenvalue weighted by molar-refractivity contribution is -0.130. The number of carbonyl (C=O) groups is 1. The van der Waals surface area contributed by atoms with E-state index >= 15 is 0 Å². The van der Waals surface area contributed by atoms with E-state index in [0.29, 0.717) is 11.8 Å². The fourth-order valence-electron chi connectivity index (χ4n) is 3.42. The molecule has 0 radical (unpaired) electrons. The second-order valence-electron chi connectivity index (χ2n) is 6.05. The molecule has 0 spiro atoms. The lowest BCUT2D eigenvalue weighted by Crippen LogP contribution is -2.34. The zero-order valence-electron chi connectivity index (χ0n) is 12.4. The molecule has 0 aliphatic carbocycles. The highest BCUT2D eigenvalue weighted by molar-refractivity contribution is 5.85. The summed E-state index contributed by atoms with van der Waals surface area (Å²) in [4.78, 5) is 14.1. The summed E-state index contributed by atoms with van der Waals surface area (Å²) in [5.74, 6) is 0.172. The smallest absolute Gasteiger partial charge is 0.227 e. The first-order valence-corrected chi connectivity index (χ1v) is 7.56. The number of amides is 1. The first-order chi connectivity index (χ1) is 10.1. The fourth-order valence-corrected chi connectivity index (χ4v) is 3.42. The number of nitrogens with zero attached hydrogens (tertiary/aromatic N) is 1. The summed E-state index contributed by atoms with van der Waals surface area (Å²) in [6.45, 7) is 3.51. The molecule has 0 bridgehead atoms. The molecule has 122 valence electrons. The van der Waals surface area contributed by atoms with Crippen LogP contribution < -0.4 is 5.32 Å². The van der Waals surface area contributed by atoms with Crippen LogP contribution in [0.25, 0.3) is 0 Å². The van der Waals surface area contributed by atoms with Gasteiger partial charge in [-0.3, -0.25) is 4.79 Å². The van der Waals surface area contributed by atoms with Crippen LogP contribution in [-0.2, 0) is 11.2 Å². The van der Waals surface area contributed by atoms with Gasteiger partial charge in [0.15, 0.2) is 0 Å². The molecule has 0 saturated carbocycles. The number of benzene rings is 1. The lowest BCUT2D eigenvalue weighted by Gasteiger charge is -2.21. The van der Waals surface area contributed by atoms with Gasteiger partial charge in [0.1, 0.15) is 11.6 Å². The molecule has 0 unspecified atom stereocenters. The average Bonchev–Trinajstić information content (AvgIpc) is 2.81. The Morgan fingerprint density at radius 2 is 1.82 bits per heavy atom. The van der Waals surface area contributed by atoms with Crippen LogP contribution in [0.2, 0.25) is 0 Å². The number of carbonyl (C=O) groups excluding carboxylic acids is 1. The third kappa shape index (κ3) is 3.76. The molecular weight excluding hydrogens is 310 g/mol. The van der Waals surface area contributed by atoms with Gasteiger partial charge < -0.3 is 10.2 Å². The summed E-state index contributed by atoms with van der Waals surface area (Å²) in [7, 11) is 0. The van der Waals surface area contributed by atoms with Crippen molar-refractivity contribution in [3.8, 4) is 0 Å². The van der Waals surface area contributed by atoms with Crippen LogP contribution in [0.1, 0.15) is 18.4 Å².